The fourth-order valence-corrected chi connectivity index (χ4v) is 4.02. The van der Waals surface area contributed by atoms with Crippen LogP contribution in [0.4, 0.5) is 4.39 Å². The van der Waals surface area contributed by atoms with Gasteiger partial charge in [0.1, 0.15) is 5.82 Å². The monoisotopic (exact) mass is 301 g/mol. The number of carbonyl (C=O) groups is 1. The molecule has 1 atom stereocenters. The molecule has 0 spiro atoms. The molecule has 2 rings (SSSR count). The molecule has 110 valence electrons. The maximum atomic E-state index is 13.6. The van der Waals surface area contributed by atoms with Gasteiger partial charge in [-0.25, -0.2) is 12.8 Å². The summed E-state index contributed by atoms with van der Waals surface area (Å²) in [7, 11) is -3.76. The molecule has 1 N–H and O–H groups in total. The zero-order chi connectivity index (χ0) is 15.1. The molecule has 1 fully saturated rings. The van der Waals surface area contributed by atoms with Gasteiger partial charge in [-0.2, -0.15) is 4.31 Å². The number of carboxylic acid groups (broad SMARTS) is 1. The van der Waals surface area contributed by atoms with Gasteiger partial charge in [0.15, 0.2) is 0 Å². The Hall–Kier alpha value is -1.47. The van der Waals surface area contributed by atoms with Gasteiger partial charge in [-0.1, -0.05) is 0 Å². The van der Waals surface area contributed by atoms with Crippen LogP contribution in [-0.4, -0.2) is 36.9 Å². The van der Waals surface area contributed by atoms with Crippen molar-refractivity contribution < 1.29 is 22.7 Å². The van der Waals surface area contributed by atoms with E-state index in [0.717, 1.165) is 4.31 Å². The minimum atomic E-state index is -3.76. The molecule has 1 unspecified atom stereocenters. The largest absolute Gasteiger partial charge is 0.481 e. The predicted octanol–water partition coefficient (Wildman–Crippen LogP) is 1.54. The minimum Gasteiger partial charge on any atom is -0.481 e. The Balaban J connectivity index is 2.35. The zero-order valence-electron chi connectivity index (χ0n) is 11.3. The average molecular weight is 301 g/mol. The maximum absolute atomic E-state index is 13.6. The number of carboxylic acids is 1. The van der Waals surface area contributed by atoms with E-state index in [1.165, 1.54) is 26.0 Å². The van der Waals surface area contributed by atoms with Crippen molar-refractivity contribution in [3.05, 3.63) is 29.1 Å². The fourth-order valence-electron chi connectivity index (χ4n) is 2.35. The SMILES string of the molecule is Cc1cc(S(=O)(=O)N2CCC(C(=O)O)C2)cc(C)c1F. The van der Waals surface area contributed by atoms with Crippen LogP contribution < -0.4 is 0 Å². The molecule has 1 aromatic carbocycles. The number of hydrogen-bond donors (Lipinski definition) is 1. The Morgan fingerprint density at radius 2 is 1.90 bits per heavy atom. The molecule has 1 aromatic rings. The van der Waals surface area contributed by atoms with Crippen molar-refractivity contribution in [1.82, 2.24) is 4.31 Å². The van der Waals surface area contributed by atoms with Crippen LogP contribution in [0.25, 0.3) is 0 Å². The lowest BCUT2D eigenvalue weighted by molar-refractivity contribution is -0.141. The van der Waals surface area contributed by atoms with E-state index in [9.17, 15) is 17.6 Å². The summed E-state index contributed by atoms with van der Waals surface area (Å²) < 4.78 is 39.6. The lowest BCUT2D eigenvalue weighted by Gasteiger charge is -2.17. The van der Waals surface area contributed by atoms with Crippen LogP contribution >= 0.6 is 0 Å². The van der Waals surface area contributed by atoms with E-state index in [1.807, 2.05) is 0 Å². The van der Waals surface area contributed by atoms with Gasteiger partial charge in [0.25, 0.3) is 0 Å². The highest BCUT2D eigenvalue weighted by Crippen LogP contribution is 2.26. The number of halogens is 1. The Kier molecular flexibility index (Phi) is 3.84. The van der Waals surface area contributed by atoms with Crippen molar-refractivity contribution in [3.63, 3.8) is 0 Å². The van der Waals surface area contributed by atoms with E-state index in [4.69, 9.17) is 5.11 Å². The van der Waals surface area contributed by atoms with Crippen LogP contribution in [0.15, 0.2) is 17.0 Å². The Morgan fingerprint density at radius 1 is 1.35 bits per heavy atom. The average Bonchev–Trinajstić information content (AvgIpc) is 2.85. The standard InChI is InChI=1S/C13H16FNO4S/c1-8-5-11(6-9(2)12(8)14)20(18,19)15-4-3-10(7-15)13(16)17/h5-6,10H,3-4,7H2,1-2H3,(H,16,17). The lowest BCUT2D eigenvalue weighted by Crippen LogP contribution is -2.30. The van der Waals surface area contributed by atoms with Crippen LogP contribution in [-0.2, 0) is 14.8 Å². The first-order valence-corrected chi connectivity index (χ1v) is 7.67. The first-order chi connectivity index (χ1) is 9.23. The first kappa shape index (κ1) is 14.9. The molecule has 0 aromatic heterocycles. The predicted molar refractivity (Wildman–Crippen MR) is 70.4 cm³/mol. The molecule has 0 bridgehead atoms. The number of aliphatic carboxylic acids is 1. The second-order valence-corrected chi connectivity index (χ2v) is 7.00. The van der Waals surface area contributed by atoms with E-state index in [-0.39, 0.29) is 29.1 Å². The van der Waals surface area contributed by atoms with Crippen LogP contribution in [0.1, 0.15) is 17.5 Å². The number of benzene rings is 1. The van der Waals surface area contributed by atoms with E-state index in [1.54, 1.807) is 0 Å². The van der Waals surface area contributed by atoms with Crippen LogP contribution in [0.5, 0.6) is 0 Å². The van der Waals surface area contributed by atoms with Crippen LogP contribution in [0.3, 0.4) is 0 Å². The molecule has 5 nitrogen and oxygen atoms in total. The molecular formula is C13H16FNO4S. The summed E-state index contributed by atoms with van der Waals surface area (Å²) in [6.45, 7) is 3.15. The van der Waals surface area contributed by atoms with E-state index in [2.05, 4.69) is 0 Å². The van der Waals surface area contributed by atoms with Crippen LogP contribution in [0, 0.1) is 25.6 Å². The van der Waals surface area contributed by atoms with Gasteiger partial charge in [-0.15, -0.1) is 0 Å². The van der Waals surface area contributed by atoms with Gasteiger partial charge in [0, 0.05) is 13.1 Å². The quantitative estimate of drug-likeness (QED) is 0.919. The van der Waals surface area contributed by atoms with E-state index < -0.39 is 27.7 Å². The van der Waals surface area contributed by atoms with E-state index >= 15 is 0 Å². The summed E-state index contributed by atoms with van der Waals surface area (Å²) in [5.74, 6) is -2.09. The highest BCUT2D eigenvalue weighted by molar-refractivity contribution is 7.89. The van der Waals surface area contributed by atoms with Gasteiger partial charge in [0.05, 0.1) is 10.8 Å². The number of rotatable bonds is 3. The normalized spacial score (nSPS) is 20.2. The van der Waals surface area contributed by atoms with Gasteiger partial charge in [0.2, 0.25) is 10.0 Å². The van der Waals surface area contributed by atoms with Crippen LogP contribution in [0.2, 0.25) is 0 Å². The Labute approximate surface area is 117 Å². The summed E-state index contributed by atoms with van der Waals surface area (Å²) in [5, 5.41) is 8.92. The molecule has 0 aliphatic carbocycles. The van der Waals surface area contributed by atoms with Crippen molar-refractivity contribution in [2.75, 3.05) is 13.1 Å². The molecule has 1 heterocycles. The molecule has 0 saturated carbocycles. The van der Waals surface area contributed by atoms with Gasteiger partial charge in [-0.05, 0) is 43.5 Å². The summed E-state index contributed by atoms with van der Waals surface area (Å²) in [5.41, 5.74) is 0.523. The van der Waals surface area contributed by atoms with E-state index in [0.29, 0.717) is 6.42 Å². The first-order valence-electron chi connectivity index (χ1n) is 6.23. The molecule has 1 aliphatic rings. The molecule has 1 saturated heterocycles. The summed E-state index contributed by atoms with van der Waals surface area (Å²) in [6.07, 6.45) is 0.299. The Bertz CT molecular complexity index is 633. The third-order valence-corrected chi connectivity index (χ3v) is 5.39. The van der Waals surface area contributed by atoms with Crippen molar-refractivity contribution in [1.29, 1.82) is 0 Å². The van der Waals surface area contributed by atoms with Gasteiger partial charge in [-0.3, -0.25) is 4.79 Å². The van der Waals surface area contributed by atoms with Crippen molar-refractivity contribution in [3.8, 4) is 0 Å². The number of nitrogens with zero attached hydrogens (tertiary/aromatic N) is 1. The Morgan fingerprint density at radius 3 is 2.35 bits per heavy atom. The smallest absolute Gasteiger partial charge is 0.307 e. The maximum Gasteiger partial charge on any atom is 0.307 e. The van der Waals surface area contributed by atoms with Gasteiger partial charge < -0.3 is 5.11 Å². The molecule has 0 radical (unpaired) electrons. The van der Waals surface area contributed by atoms with Gasteiger partial charge >= 0.3 is 5.97 Å². The number of hydrogen-bond acceptors (Lipinski definition) is 3. The molecule has 20 heavy (non-hydrogen) atoms. The molecular weight excluding hydrogens is 285 g/mol. The molecule has 0 amide bonds. The topological polar surface area (TPSA) is 74.7 Å². The second kappa shape index (κ2) is 5.14. The summed E-state index contributed by atoms with van der Waals surface area (Å²) >= 11 is 0. The van der Waals surface area contributed by atoms with Crippen molar-refractivity contribution in [2.45, 2.75) is 25.2 Å². The summed E-state index contributed by atoms with van der Waals surface area (Å²) in [6, 6.07) is 2.57. The second-order valence-electron chi connectivity index (χ2n) is 5.06. The number of aryl methyl sites for hydroxylation is 2. The third-order valence-electron chi connectivity index (χ3n) is 3.55. The fraction of sp³-hybridized carbons (Fsp3) is 0.462. The highest BCUT2D eigenvalue weighted by atomic mass is 32.2. The highest BCUT2D eigenvalue weighted by Gasteiger charge is 2.36. The lowest BCUT2D eigenvalue weighted by atomic mass is 10.1. The van der Waals surface area contributed by atoms with Crippen molar-refractivity contribution >= 4 is 16.0 Å². The summed E-state index contributed by atoms with van der Waals surface area (Å²) in [4.78, 5) is 10.9. The molecule has 7 heteroatoms. The zero-order valence-corrected chi connectivity index (χ0v) is 12.1. The minimum absolute atomic E-state index is 0.0138. The number of sulfonamides is 1. The third kappa shape index (κ3) is 2.55. The van der Waals surface area contributed by atoms with Crippen molar-refractivity contribution in [2.24, 2.45) is 5.92 Å². The molecule has 1 aliphatic heterocycles.